The summed E-state index contributed by atoms with van der Waals surface area (Å²) in [4.78, 5) is 28.3. The Kier molecular flexibility index (Phi) is 7.51. The van der Waals surface area contributed by atoms with E-state index in [-0.39, 0.29) is 11.5 Å². The predicted molar refractivity (Wildman–Crippen MR) is 143 cm³/mol. The van der Waals surface area contributed by atoms with Gasteiger partial charge in [0.25, 0.3) is 5.91 Å². The number of nitriles is 1. The summed E-state index contributed by atoms with van der Waals surface area (Å²) in [6.07, 6.45) is 0.366. The van der Waals surface area contributed by atoms with Crippen LogP contribution in [0.5, 0.6) is 0 Å². The first-order valence-corrected chi connectivity index (χ1v) is 12.4. The summed E-state index contributed by atoms with van der Waals surface area (Å²) in [5, 5.41) is 13.5. The third-order valence-corrected chi connectivity index (χ3v) is 7.65. The fourth-order valence-electron chi connectivity index (χ4n) is 3.87. The summed E-state index contributed by atoms with van der Waals surface area (Å²) in [7, 11) is 0. The highest BCUT2D eigenvalue weighted by Gasteiger charge is 2.40. The van der Waals surface area contributed by atoms with Crippen molar-refractivity contribution in [2.24, 2.45) is 0 Å². The maximum absolute atomic E-state index is 13.6. The second kappa shape index (κ2) is 10.6. The van der Waals surface area contributed by atoms with Crippen LogP contribution >= 0.6 is 35.0 Å². The van der Waals surface area contributed by atoms with Crippen LogP contribution in [0.1, 0.15) is 16.7 Å². The predicted octanol–water partition coefficient (Wildman–Crippen LogP) is 6.68. The highest BCUT2D eigenvalue weighted by Crippen LogP contribution is 2.42. The Morgan fingerprint density at radius 1 is 1.03 bits per heavy atom. The first kappa shape index (κ1) is 24.9. The molecule has 0 aliphatic carbocycles. The molecule has 8 heteroatoms. The molecule has 1 aliphatic heterocycles. The van der Waals surface area contributed by atoms with Gasteiger partial charge in [-0.1, -0.05) is 77.4 Å². The van der Waals surface area contributed by atoms with Crippen molar-refractivity contribution in [1.82, 2.24) is 0 Å². The van der Waals surface area contributed by atoms with Crippen LogP contribution in [0.25, 0.3) is 0 Å². The van der Waals surface area contributed by atoms with E-state index in [0.29, 0.717) is 32.9 Å². The molecule has 2 amide bonds. The highest BCUT2D eigenvalue weighted by molar-refractivity contribution is 8.05. The Bertz CT molecular complexity index is 1360. The Labute approximate surface area is 218 Å². The average Bonchev–Trinajstić information content (AvgIpc) is 3.15. The zero-order valence-corrected chi connectivity index (χ0v) is 21.3. The Balaban J connectivity index is 1.74. The Morgan fingerprint density at radius 3 is 2.34 bits per heavy atom. The highest BCUT2D eigenvalue weighted by atomic mass is 35.5. The first-order valence-electron chi connectivity index (χ1n) is 10.8. The molecule has 0 saturated carbocycles. The van der Waals surface area contributed by atoms with E-state index in [0.717, 1.165) is 16.7 Å². The van der Waals surface area contributed by atoms with Gasteiger partial charge < -0.3 is 5.32 Å². The third kappa shape index (κ3) is 5.23. The van der Waals surface area contributed by atoms with Crippen LogP contribution in [0.2, 0.25) is 10.0 Å². The molecule has 3 aromatic carbocycles. The summed E-state index contributed by atoms with van der Waals surface area (Å²) >= 11 is 13.4. The number of hydrogen-bond acceptors (Lipinski definition) is 4. The van der Waals surface area contributed by atoms with E-state index in [1.165, 1.54) is 16.7 Å². The quantitative estimate of drug-likeness (QED) is 0.300. The summed E-state index contributed by atoms with van der Waals surface area (Å²) < 4.78 is 0. The lowest BCUT2D eigenvalue weighted by Gasteiger charge is -2.19. The van der Waals surface area contributed by atoms with Crippen molar-refractivity contribution in [3.05, 3.63) is 104 Å². The average molecular weight is 522 g/mol. The van der Waals surface area contributed by atoms with Crippen molar-refractivity contribution in [2.75, 3.05) is 10.2 Å². The fraction of sp³-hybridized carbons (Fsp3) is 0.148. The van der Waals surface area contributed by atoms with Gasteiger partial charge >= 0.3 is 0 Å². The number of carbonyl (C=O) groups is 2. The van der Waals surface area contributed by atoms with Gasteiger partial charge in [0.2, 0.25) is 5.91 Å². The number of nitrogens with zero attached hydrogens (tertiary/aromatic N) is 2. The number of nitrogens with one attached hydrogen (secondary N) is 1. The molecule has 0 aromatic heterocycles. The number of hydrogen-bond donors (Lipinski definition) is 1. The molecule has 1 aliphatic rings. The SMILES string of the molecule is Cc1cccc(C)c1NC(=O)/C(C#N)=C1/SC(Cc2ccc(Cl)c(Cl)c2)C(=O)N1c1ccccc1. The van der Waals surface area contributed by atoms with Gasteiger partial charge in [-0.25, -0.2) is 0 Å². The number of aryl methyl sites for hydroxylation is 2. The van der Waals surface area contributed by atoms with Crippen LogP contribution in [0, 0.1) is 25.2 Å². The van der Waals surface area contributed by atoms with Gasteiger partial charge in [-0.15, -0.1) is 0 Å². The van der Waals surface area contributed by atoms with Crippen LogP contribution < -0.4 is 10.2 Å². The molecule has 0 spiro atoms. The van der Waals surface area contributed by atoms with Gasteiger partial charge in [-0.2, -0.15) is 5.26 Å². The Hall–Kier alpha value is -3.24. The molecular weight excluding hydrogens is 501 g/mol. The second-order valence-corrected chi connectivity index (χ2v) is 10.1. The van der Waals surface area contributed by atoms with Crippen LogP contribution in [0.15, 0.2) is 77.3 Å². The maximum Gasteiger partial charge on any atom is 0.269 e. The Morgan fingerprint density at radius 2 is 1.71 bits per heavy atom. The van der Waals surface area contributed by atoms with E-state index >= 15 is 0 Å². The zero-order valence-electron chi connectivity index (χ0n) is 19.0. The molecule has 4 rings (SSSR count). The second-order valence-electron chi connectivity index (χ2n) is 8.08. The van der Waals surface area contributed by atoms with E-state index in [1.807, 2.05) is 50.2 Å². The molecule has 1 atom stereocenters. The van der Waals surface area contributed by atoms with Crippen molar-refractivity contribution in [1.29, 1.82) is 5.26 Å². The molecule has 5 nitrogen and oxygen atoms in total. The van der Waals surface area contributed by atoms with Gasteiger partial charge in [0.15, 0.2) is 0 Å². The zero-order chi connectivity index (χ0) is 25.1. The molecule has 1 saturated heterocycles. The van der Waals surface area contributed by atoms with Crippen LogP contribution in [-0.4, -0.2) is 17.1 Å². The molecule has 1 unspecified atom stereocenters. The number of halogens is 2. The number of anilines is 2. The first-order chi connectivity index (χ1) is 16.8. The van der Waals surface area contributed by atoms with E-state index < -0.39 is 11.2 Å². The molecule has 176 valence electrons. The van der Waals surface area contributed by atoms with Gasteiger partial charge in [0, 0.05) is 11.4 Å². The smallest absolute Gasteiger partial charge is 0.269 e. The van der Waals surface area contributed by atoms with Crippen molar-refractivity contribution in [3.63, 3.8) is 0 Å². The van der Waals surface area contributed by atoms with Crippen molar-refractivity contribution < 1.29 is 9.59 Å². The van der Waals surface area contributed by atoms with E-state index in [9.17, 15) is 14.9 Å². The molecule has 3 aromatic rings. The molecule has 1 fully saturated rings. The van der Waals surface area contributed by atoms with Gasteiger partial charge in [0.1, 0.15) is 16.7 Å². The van der Waals surface area contributed by atoms with Gasteiger partial charge in [-0.3, -0.25) is 14.5 Å². The van der Waals surface area contributed by atoms with Crippen LogP contribution in [0.4, 0.5) is 11.4 Å². The molecule has 0 radical (unpaired) electrons. The standard InChI is InChI=1S/C27H21Cl2N3O2S/c1-16-7-6-8-17(2)24(16)31-25(33)20(15-30)27-32(19-9-4-3-5-10-19)26(34)23(35-27)14-18-11-12-21(28)22(29)13-18/h3-13,23H,14H2,1-2H3,(H,31,33)/b27-20+. The summed E-state index contributed by atoms with van der Waals surface area (Å²) in [6, 6.07) is 22.0. The molecule has 1 heterocycles. The minimum atomic E-state index is -0.559. The topological polar surface area (TPSA) is 73.2 Å². The third-order valence-electron chi connectivity index (χ3n) is 5.64. The minimum Gasteiger partial charge on any atom is -0.321 e. The van der Waals surface area contributed by atoms with Crippen molar-refractivity contribution in [3.8, 4) is 6.07 Å². The maximum atomic E-state index is 13.6. The van der Waals surface area contributed by atoms with Crippen molar-refractivity contribution in [2.45, 2.75) is 25.5 Å². The lowest BCUT2D eigenvalue weighted by molar-refractivity contribution is -0.117. The number of carbonyl (C=O) groups excluding carboxylic acids is 2. The van der Waals surface area contributed by atoms with Gasteiger partial charge in [0.05, 0.1) is 15.3 Å². The lowest BCUT2D eigenvalue weighted by Crippen LogP contribution is -2.31. The number of para-hydroxylation sites is 2. The van der Waals surface area contributed by atoms with Crippen LogP contribution in [-0.2, 0) is 16.0 Å². The van der Waals surface area contributed by atoms with E-state index in [1.54, 1.807) is 36.4 Å². The van der Waals surface area contributed by atoms with Crippen LogP contribution in [0.3, 0.4) is 0 Å². The van der Waals surface area contributed by atoms with E-state index in [2.05, 4.69) is 5.32 Å². The number of thioether (sulfide) groups is 1. The number of rotatable bonds is 5. The number of benzene rings is 3. The van der Waals surface area contributed by atoms with Crippen molar-refractivity contribution >= 4 is 58.2 Å². The molecular formula is C27H21Cl2N3O2S. The fourth-order valence-corrected chi connectivity index (χ4v) is 5.50. The summed E-state index contributed by atoms with van der Waals surface area (Å²) in [6.45, 7) is 3.78. The number of amides is 2. The molecule has 0 bridgehead atoms. The molecule has 35 heavy (non-hydrogen) atoms. The summed E-state index contributed by atoms with van der Waals surface area (Å²) in [5.74, 6) is -0.772. The summed E-state index contributed by atoms with van der Waals surface area (Å²) in [5.41, 5.74) is 3.72. The molecule has 1 N–H and O–H groups in total. The largest absolute Gasteiger partial charge is 0.321 e. The monoisotopic (exact) mass is 521 g/mol. The van der Waals surface area contributed by atoms with Gasteiger partial charge in [-0.05, 0) is 61.2 Å². The minimum absolute atomic E-state index is 0.119. The van der Waals surface area contributed by atoms with E-state index in [4.69, 9.17) is 23.2 Å². The lowest BCUT2D eigenvalue weighted by atomic mass is 10.1. The normalized spacial score (nSPS) is 16.7.